The summed E-state index contributed by atoms with van der Waals surface area (Å²) in [6.45, 7) is 4.15. The highest BCUT2D eigenvalue weighted by Gasteiger charge is 2.09. The van der Waals surface area contributed by atoms with E-state index in [4.69, 9.17) is 0 Å². The molecule has 2 nitrogen and oxygen atoms in total. The number of hydrogen-bond acceptors (Lipinski definition) is 2. The van der Waals surface area contributed by atoms with Crippen molar-refractivity contribution in [3.63, 3.8) is 0 Å². The van der Waals surface area contributed by atoms with Crippen molar-refractivity contribution >= 4 is 33.2 Å². The Labute approximate surface area is 116 Å². The summed E-state index contributed by atoms with van der Waals surface area (Å²) in [6.07, 6.45) is 3.53. The maximum Gasteiger partial charge on any atom is 0.220 e. The molecule has 0 bridgehead atoms. The van der Waals surface area contributed by atoms with Gasteiger partial charge in [-0.25, -0.2) is 0 Å². The average Bonchev–Trinajstić information content (AvgIpc) is 2.68. The van der Waals surface area contributed by atoms with Crippen molar-refractivity contribution in [2.45, 2.75) is 50.4 Å². The van der Waals surface area contributed by atoms with Crippen molar-refractivity contribution < 1.29 is 4.79 Å². The Morgan fingerprint density at radius 1 is 1.53 bits per heavy atom. The van der Waals surface area contributed by atoms with Gasteiger partial charge in [-0.1, -0.05) is 28.9 Å². The second kappa shape index (κ2) is 7.88. The van der Waals surface area contributed by atoms with E-state index in [2.05, 4.69) is 52.6 Å². The molecule has 2 unspecified atom stereocenters. The minimum Gasteiger partial charge on any atom is -0.354 e. The Kier molecular flexibility index (Phi) is 6.82. The van der Waals surface area contributed by atoms with Crippen molar-refractivity contribution in [3.8, 4) is 0 Å². The molecular formula is C13H20BrNOS. The lowest BCUT2D eigenvalue weighted by molar-refractivity contribution is -0.121. The van der Waals surface area contributed by atoms with Crippen molar-refractivity contribution in [2.24, 2.45) is 0 Å². The number of aryl methyl sites for hydroxylation is 1. The standard InChI is InChI=1S/C13H20BrNOS/c1-10(14)9-11(2)15-13(16)7-3-5-12-6-4-8-17-12/h4,6,8,10-11H,3,5,7,9H2,1-2H3,(H,15,16). The van der Waals surface area contributed by atoms with E-state index in [1.807, 2.05) is 0 Å². The number of carbonyl (C=O) groups excluding carboxylic acids is 1. The van der Waals surface area contributed by atoms with E-state index in [1.165, 1.54) is 4.88 Å². The second-order valence-corrected chi connectivity index (χ2v) is 7.01. The summed E-state index contributed by atoms with van der Waals surface area (Å²) in [6, 6.07) is 4.43. The number of nitrogens with one attached hydrogen (secondary N) is 1. The number of alkyl halides is 1. The summed E-state index contributed by atoms with van der Waals surface area (Å²) in [4.78, 5) is 13.4. The highest BCUT2D eigenvalue weighted by Crippen LogP contribution is 2.12. The van der Waals surface area contributed by atoms with Crippen LogP contribution in [0.15, 0.2) is 17.5 Å². The fourth-order valence-electron chi connectivity index (χ4n) is 1.77. The van der Waals surface area contributed by atoms with Crippen LogP contribution in [0, 0.1) is 0 Å². The van der Waals surface area contributed by atoms with Crippen LogP contribution in [0.2, 0.25) is 0 Å². The second-order valence-electron chi connectivity index (χ2n) is 4.42. The van der Waals surface area contributed by atoms with Crippen LogP contribution in [-0.4, -0.2) is 16.8 Å². The molecule has 2 atom stereocenters. The van der Waals surface area contributed by atoms with Crippen LogP contribution < -0.4 is 5.32 Å². The Morgan fingerprint density at radius 2 is 2.29 bits per heavy atom. The Hall–Kier alpha value is -0.350. The predicted octanol–water partition coefficient (Wildman–Crippen LogP) is 3.75. The van der Waals surface area contributed by atoms with Crippen LogP contribution in [-0.2, 0) is 11.2 Å². The van der Waals surface area contributed by atoms with Crippen LogP contribution in [0.5, 0.6) is 0 Å². The van der Waals surface area contributed by atoms with Crippen LogP contribution >= 0.6 is 27.3 Å². The van der Waals surface area contributed by atoms with E-state index in [1.54, 1.807) is 11.3 Å². The third-order valence-corrected chi connectivity index (χ3v) is 3.80. The van der Waals surface area contributed by atoms with Crippen molar-refractivity contribution in [1.29, 1.82) is 0 Å². The summed E-state index contributed by atoms with van der Waals surface area (Å²) in [5.41, 5.74) is 0. The molecule has 0 radical (unpaired) electrons. The maximum absolute atomic E-state index is 11.6. The monoisotopic (exact) mass is 317 g/mol. The molecule has 1 amide bonds. The lowest BCUT2D eigenvalue weighted by Gasteiger charge is -2.14. The van der Waals surface area contributed by atoms with Crippen LogP contribution in [0.25, 0.3) is 0 Å². The van der Waals surface area contributed by atoms with E-state index < -0.39 is 0 Å². The molecule has 0 aromatic carbocycles. The number of thiophene rings is 1. The van der Waals surface area contributed by atoms with E-state index in [-0.39, 0.29) is 11.9 Å². The lowest BCUT2D eigenvalue weighted by Crippen LogP contribution is -2.33. The van der Waals surface area contributed by atoms with Gasteiger partial charge in [-0.2, -0.15) is 0 Å². The smallest absolute Gasteiger partial charge is 0.220 e. The molecule has 0 saturated carbocycles. The van der Waals surface area contributed by atoms with Crippen LogP contribution in [0.1, 0.15) is 38.0 Å². The first-order valence-electron chi connectivity index (χ1n) is 6.03. The first-order valence-corrected chi connectivity index (χ1v) is 7.83. The molecule has 0 aliphatic heterocycles. The Morgan fingerprint density at radius 3 is 2.88 bits per heavy atom. The van der Waals surface area contributed by atoms with Gasteiger partial charge in [-0.15, -0.1) is 11.3 Å². The van der Waals surface area contributed by atoms with E-state index in [0.29, 0.717) is 11.2 Å². The fourth-order valence-corrected chi connectivity index (χ4v) is 3.08. The van der Waals surface area contributed by atoms with Gasteiger partial charge in [0.25, 0.3) is 0 Å². The number of rotatable bonds is 7. The zero-order valence-corrected chi connectivity index (χ0v) is 12.8. The molecule has 96 valence electrons. The summed E-state index contributed by atoms with van der Waals surface area (Å²) >= 11 is 5.25. The third kappa shape index (κ3) is 6.84. The van der Waals surface area contributed by atoms with Gasteiger partial charge in [0.05, 0.1) is 0 Å². The number of halogens is 1. The van der Waals surface area contributed by atoms with Gasteiger partial charge >= 0.3 is 0 Å². The third-order valence-electron chi connectivity index (χ3n) is 2.49. The largest absolute Gasteiger partial charge is 0.354 e. The van der Waals surface area contributed by atoms with Gasteiger partial charge in [-0.05, 0) is 37.6 Å². The highest BCUT2D eigenvalue weighted by atomic mass is 79.9. The minimum absolute atomic E-state index is 0.169. The van der Waals surface area contributed by atoms with E-state index >= 15 is 0 Å². The Balaban J connectivity index is 2.12. The van der Waals surface area contributed by atoms with Gasteiger partial charge in [-0.3, -0.25) is 4.79 Å². The molecule has 17 heavy (non-hydrogen) atoms. The van der Waals surface area contributed by atoms with Crippen molar-refractivity contribution in [1.82, 2.24) is 5.32 Å². The van der Waals surface area contributed by atoms with Crippen LogP contribution in [0.3, 0.4) is 0 Å². The first-order chi connectivity index (χ1) is 8.08. The number of amides is 1. The molecule has 0 saturated heterocycles. The van der Waals surface area contributed by atoms with Gasteiger partial charge in [0.1, 0.15) is 0 Å². The van der Waals surface area contributed by atoms with Crippen molar-refractivity contribution in [2.75, 3.05) is 0 Å². The molecule has 1 rings (SSSR count). The van der Waals surface area contributed by atoms with E-state index in [9.17, 15) is 4.79 Å². The minimum atomic E-state index is 0.169. The van der Waals surface area contributed by atoms with Gasteiger partial charge < -0.3 is 5.32 Å². The molecule has 1 N–H and O–H groups in total. The molecule has 0 aliphatic carbocycles. The quantitative estimate of drug-likeness (QED) is 0.762. The SMILES string of the molecule is CC(Br)CC(C)NC(=O)CCCc1cccs1. The fraction of sp³-hybridized carbons (Fsp3) is 0.615. The molecule has 1 heterocycles. The summed E-state index contributed by atoms with van der Waals surface area (Å²) in [7, 11) is 0. The summed E-state index contributed by atoms with van der Waals surface area (Å²) in [5.74, 6) is 0.169. The molecule has 1 aromatic heterocycles. The zero-order valence-electron chi connectivity index (χ0n) is 10.4. The van der Waals surface area contributed by atoms with E-state index in [0.717, 1.165) is 19.3 Å². The Bertz CT molecular complexity index is 324. The molecule has 0 aliphatic rings. The van der Waals surface area contributed by atoms with Crippen molar-refractivity contribution in [3.05, 3.63) is 22.4 Å². The molecule has 0 fully saturated rings. The van der Waals surface area contributed by atoms with Gasteiger partial charge in [0.15, 0.2) is 0 Å². The highest BCUT2D eigenvalue weighted by molar-refractivity contribution is 9.09. The molecule has 4 heteroatoms. The molecule has 0 spiro atoms. The maximum atomic E-state index is 11.6. The zero-order chi connectivity index (χ0) is 12.7. The summed E-state index contributed by atoms with van der Waals surface area (Å²) < 4.78 is 0. The average molecular weight is 318 g/mol. The summed E-state index contributed by atoms with van der Waals surface area (Å²) in [5, 5.41) is 5.10. The first kappa shape index (κ1) is 14.7. The normalized spacial score (nSPS) is 14.3. The lowest BCUT2D eigenvalue weighted by atomic mass is 10.1. The van der Waals surface area contributed by atoms with Crippen LogP contribution in [0.4, 0.5) is 0 Å². The topological polar surface area (TPSA) is 29.1 Å². The molecule has 1 aromatic rings. The number of carbonyl (C=O) groups is 1. The number of hydrogen-bond donors (Lipinski definition) is 1. The predicted molar refractivity (Wildman–Crippen MR) is 77.9 cm³/mol. The van der Waals surface area contributed by atoms with Gasteiger partial charge in [0.2, 0.25) is 5.91 Å². The van der Waals surface area contributed by atoms with Gasteiger partial charge in [0, 0.05) is 22.2 Å². The molecular weight excluding hydrogens is 298 g/mol.